The number of hydrogen-bond donors (Lipinski definition) is 1. The van der Waals surface area contributed by atoms with E-state index in [1.807, 2.05) is 53.4 Å². The molecule has 5 nitrogen and oxygen atoms in total. The van der Waals surface area contributed by atoms with E-state index in [9.17, 15) is 4.79 Å². The number of nitriles is 1. The van der Waals surface area contributed by atoms with E-state index < -0.39 is 0 Å². The van der Waals surface area contributed by atoms with Gasteiger partial charge in [0.2, 0.25) is 0 Å². The molecule has 1 fully saturated rings. The highest BCUT2D eigenvalue weighted by molar-refractivity contribution is 7.21. The van der Waals surface area contributed by atoms with E-state index >= 15 is 0 Å². The third-order valence-corrected chi connectivity index (χ3v) is 8.78. The Balaban J connectivity index is 1.51. The maximum absolute atomic E-state index is 14.0. The van der Waals surface area contributed by atoms with E-state index in [4.69, 9.17) is 27.3 Å². The maximum atomic E-state index is 14.0. The molecule has 37 heavy (non-hydrogen) atoms. The zero-order chi connectivity index (χ0) is 25.9. The molecule has 0 saturated heterocycles. The number of rotatable bonds is 6. The number of halogens is 1. The van der Waals surface area contributed by atoms with Gasteiger partial charge < -0.3 is 15.4 Å². The van der Waals surface area contributed by atoms with E-state index in [2.05, 4.69) is 12.1 Å². The van der Waals surface area contributed by atoms with Crippen LogP contribution in [0, 0.1) is 11.3 Å². The van der Waals surface area contributed by atoms with Crippen molar-refractivity contribution in [3.05, 3.63) is 87.8 Å². The number of amides is 1. The molecule has 4 aromatic rings. The largest absolute Gasteiger partial charge is 0.496 e. The van der Waals surface area contributed by atoms with Gasteiger partial charge >= 0.3 is 0 Å². The van der Waals surface area contributed by atoms with Crippen molar-refractivity contribution in [1.82, 2.24) is 4.90 Å². The van der Waals surface area contributed by atoms with E-state index in [-0.39, 0.29) is 18.0 Å². The highest BCUT2D eigenvalue weighted by Crippen LogP contribution is 2.38. The number of thiophene rings is 1. The molecular weight excluding hydrogens is 502 g/mol. The summed E-state index contributed by atoms with van der Waals surface area (Å²) in [6.45, 7) is 0.455. The maximum Gasteiger partial charge on any atom is 0.266 e. The van der Waals surface area contributed by atoms with Crippen molar-refractivity contribution >= 4 is 38.9 Å². The molecule has 1 amide bonds. The molecule has 1 saturated carbocycles. The van der Waals surface area contributed by atoms with Gasteiger partial charge in [0, 0.05) is 34.3 Å². The minimum Gasteiger partial charge on any atom is -0.496 e. The summed E-state index contributed by atoms with van der Waals surface area (Å²) in [5.41, 5.74) is 9.67. The van der Waals surface area contributed by atoms with Crippen LogP contribution in [0.3, 0.4) is 0 Å². The van der Waals surface area contributed by atoms with Crippen molar-refractivity contribution in [3.63, 3.8) is 0 Å². The van der Waals surface area contributed by atoms with Crippen molar-refractivity contribution in [2.45, 2.75) is 44.3 Å². The van der Waals surface area contributed by atoms with Crippen LogP contribution in [0.5, 0.6) is 5.75 Å². The summed E-state index contributed by atoms with van der Waals surface area (Å²) in [5.74, 6) is 0.699. The van der Waals surface area contributed by atoms with Gasteiger partial charge in [-0.25, -0.2) is 0 Å². The molecule has 0 radical (unpaired) electrons. The highest BCUT2D eigenvalue weighted by atomic mass is 35.5. The molecular formula is C30H28ClN3O2S. The number of methoxy groups -OCH3 is 1. The number of carbonyl (C=O) groups excluding carboxylic acids is 1. The van der Waals surface area contributed by atoms with Crippen LogP contribution in [0.2, 0.25) is 5.02 Å². The first-order valence-corrected chi connectivity index (χ1v) is 13.6. The number of fused-ring (bicyclic) bond motifs is 1. The van der Waals surface area contributed by atoms with Gasteiger partial charge in [-0.3, -0.25) is 4.79 Å². The average molecular weight is 530 g/mol. The average Bonchev–Trinajstić information content (AvgIpc) is 3.28. The Kier molecular flexibility index (Phi) is 7.48. The summed E-state index contributed by atoms with van der Waals surface area (Å²) < 4.78 is 6.64. The SMILES string of the molecule is COc1ccc(CN(C(=O)c2sc3ccccc3c2Cl)C2CCC(N)CC2)cc1-c1ccc(C#N)cc1. The van der Waals surface area contributed by atoms with Gasteiger partial charge in [-0.1, -0.05) is 48.0 Å². The minimum atomic E-state index is -0.0394. The fraction of sp³-hybridized carbons (Fsp3) is 0.267. The lowest BCUT2D eigenvalue weighted by molar-refractivity contribution is 0.0611. The molecule has 2 N–H and O–H groups in total. The van der Waals surface area contributed by atoms with Crippen molar-refractivity contribution < 1.29 is 9.53 Å². The molecule has 1 heterocycles. The molecule has 188 valence electrons. The van der Waals surface area contributed by atoms with Crippen LogP contribution in [0.15, 0.2) is 66.7 Å². The van der Waals surface area contributed by atoms with Gasteiger partial charge in [-0.15, -0.1) is 11.3 Å². The van der Waals surface area contributed by atoms with Crippen LogP contribution in [-0.2, 0) is 6.54 Å². The summed E-state index contributed by atoms with van der Waals surface area (Å²) in [5, 5.41) is 10.6. The van der Waals surface area contributed by atoms with Gasteiger partial charge in [0.25, 0.3) is 5.91 Å². The summed E-state index contributed by atoms with van der Waals surface area (Å²) in [6, 6.07) is 23.8. The van der Waals surface area contributed by atoms with Crippen LogP contribution in [0.4, 0.5) is 0 Å². The molecule has 3 aromatic carbocycles. The van der Waals surface area contributed by atoms with E-state index in [0.29, 0.717) is 22.0 Å². The lowest BCUT2D eigenvalue weighted by atomic mass is 9.90. The summed E-state index contributed by atoms with van der Waals surface area (Å²) in [7, 11) is 1.65. The topological polar surface area (TPSA) is 79.3 Å². The number of ether oxygens (including phenoxy) is 1. The van der Waals surface area contributed by atoms with Gasteiger partial charge in [0.05, 0.1) is 23.8 Å². The van der Waals surface area contributed by atoms with Gasteiger partial charge in [0.15, 0.2) is 0 Å². The van der Waals surface area contributed by atoms with Crippen LogP contribution < -0.4 is 10.5 Å². The molecule has 0 atom stereocenters. The summed E-state index contributed by atoms with van der Waals surface area (Å²) in [6.07, 6.45) is 3.53. The lowest BCUT2D eigenvalue weighted by Crippen LogP contribution is -2.43. The zero-order valence-electron chi connectivity index (χ0n) is 20.6. The normalized spacial score (nSPS) is 17.4. The molecule has 0 unspecified atom stereocenters. The number of nitrogens with two attached hydrogens (primary N) is 1. The molecule has 0 bridgehead atoms. The molecule has 7 heteroatoms. The van der Waals surface area contributed by atoms with Crippen molar-refractivity contribution in [2.24, 2.45) is 5.73 Å². The van der Waals surface area contributed by atoms with Crippen LogP contribution in [0.1, 0.15) is 46.5 Å². The third-order valence-electron chi connectivity index (χ3n) is 7.11. The fourth-order valence-electron chi connectivity index (χ4n) is 5.06. The number of carbonyl (C=O) groups is 1. The predicted octanol–water partition coefficient (Wildman–Crippen LogP) is 7.01. The molecule has 0 aliphatic heterocycles. The smallest absolute Gasteiger partial charge is 0.266 e. The van der Waals surface area contributed by atoms with Crippen molar-refractivity contribution in [2.75, 3.05) is 7.11 Å². The Labute approximate surface area is 226 Å². The highest BCUT2D eigenvalue weighted by Gasteiger charge is 2.31. The first kappa shape index (κ1) is 25.3. The van der Waals surface area contributed by atoms with Crippen LogP contribution >= 0.6 is 22.9 Å². The van der Waals surface area contributed by atoms with Gasteiger partial charge in [-0.2, -0.15) is 5.26 Å². The Morgan fingerprint density at radius 2 is 1.84 bits per heavy atom. The monoisotopic (exact) mass is 529 g/mol. The number of nitrogens with zero attached hydrogens (tertiary/aromatic N) is 2. The van der Waals surface area contributed by atoms with Crippen LogP contribution in [-0.4, -0.2) is 30.0 Å². The molecule has 1 aliphatic rings. The van der Waals surface area contributed by atoms with E-state index in [0.717, 1.165) is 58.2 Å². The fourth-order valence-corrected chi connectivity index (χ4v) is 6.53. The Bertz CT molecular complexity index is 1470. The second-order valence-corrected chi connectivity index (χ2v) is 10.9. The minimum absolute atomic E-state index is 0.0394. The second-order valence-electron chi connectivity index (χ2n) is 9.47. The first-order valence-electron chi connectivity index (χ1n) is 12.4. The Hall–Kier alpha value is -3.37. The zero-order valence-corrected chi connectivity index (χ0v) is 22.2. The lowest BCUT2D eigenvalue weighted by Gasteiger charge is -2.36. The summed E-state index contributed by atoms with van der Waals surface area (Å²) >= 11 is 8.18. The quantitative estimate of drug-likeness (QED) is 0.291. The molecule has 1 aliphatic carbocycles. The standard InChI is InChI=1S/C30H28ClN3O2S/c1-36-26-15-8-20(16-25(26)21-9-6-19(17-32)7-10-21)18-34(23-13-11-22(33)12-14-23)30(35)29-28(31)24-4-2-3-5-27(24)37-29/h2-10,15-16,22-23H,11-14,18,33H2,1H3. The Morgan fingerprint density at radius 1 is 1.11 bits per heavy atom. The van der Waals surface area contributed by atoms with E-state index in [1.165, 1.54) is 11.3 Å². The second kappa shape index (κ2) is 10.9. The molecule has 1 aromatic heterocycles. The molecule has 5 rings (SSSR count). The van der Waals surface area contributed by atoms with Crippen molar-refractivity contribution in [1.29, 1.82) is 5.26 Å². The van der Waals surface area contributed by atoms with Crippen molar-refractivity contribution in [3.8, 4) is 22.9 Å². The number of benzene rings is 3. The number of hydrogen-bond acceptors (Lipinski definition) is 5. The third kappa shape index (κ3) is 5.21. The van der Waals surface area contributed by atoms with Gasteiger partial charge in [0.1, 0.15) is 10.6 Å². The first-order chi connectivity index (χ1) is 18.0. The van der Waals surface area contributed by atoms with E-state index in [1.54, 1.807) is 19.2 Å². The predicted molar refractivity (Wildman–Crippen MR) is 150 cm³/mol. The van der Waals surface area contributed by atoms with Crippen LogP contribution in [0.25, 0.3) is 21.2 Å². The van der Waals surface area contributed by atoms with Gasteiger partial charge in [-0.05, 0) is 67.1 Å². The molecule has 0 spiro atoms. The Morgan fingerprint density at radius 3 is 2.51 bits per heavy atom. The summed E-state index contributed by atoms with van der Waals surface area (Å²) in [4.78, 5) is 16.6.